The molecule has 1 aromatic heterocycles. The zero-order chi connectivity index (χ0) is 22.0. The van der Waals surface area contributed by atoms with Crippen LogP contribution in [0.2, 0.25) is 0 Å². The Labute approximate surface area is 178 Å². The summed E-state index contributed by atoms with van der Waals surface area (Å²) in [7, 11) is 2.99. The summed E-state index contributed by atoms with van der Waals surface area (Å²) in [4.78, 5) is 28.3. The quantitative estimate of drug-likeness (QED) is 0.363. The fraction of sp³-hybridized carbons (Fsp3) is 0.130. The van der Waals surface area contributed by atoms with Crippen molar-refractivity contribution in [2.75, 3.05) is 19.5 Å². The molecule has 0 radical (unpaired) electrons. The molecule has 8 heteroatoms. The molecule has 0 aliphatic heterocycles. The molecule has 0 unspecified atom stereocenters. The van der Waals surface area contributed by atoms with Gasteiger partial charge in [0, 0.05) is 33.1 Å². The summed E-state index contributed by atoms with van der Waals surface area (Å²) in [6.07, 6.45) is 0.245. The number of benzene rings is 3. The van der Waals surface area contributed by atoms with Gasteiger partial charge in [-0.3, -0.25) is 4.79 Å². The zero-order valence-electron chi connectivity index (χ0n) is 17.1. The first-order valence-electron chi connectivity index (χ1n) is 9.60. The molecular formula is C23H21N4O4+. The van der Waals surface area contributed by atoms with Crippen LogP contribution in [0.15, 0.2) is 66.7 Å². The van der Waals surface area contributed by atoms with Crippen LogP contribution in [0.25, 0.3) is 22.4 Å². The maximum Gasteiger partial charge on any atom is 0.257 e. The maximum atomic E-state index is 12.3. The van der Waals surface area contributed by atoms with Crippen molar-refractivity contribution in [1.82, 2.24) is 9.71 Å². The predicted octanol–water partition coefficient (Wildman–Crippen LogP) is 4.17. The number of nitrogens with one attached hydrogen (secondary N) is 1. The molecule has 1 amide bonds. The topological polar surface area (TPSA) is 96.5 Å². The molecule has 3 aromatic carbocycles. The second-order valence-electron chi connectivity index (χ2n) is 7.07. The Bertz CT molecular complexity index is 1260. The van der Waals surface area contributed by atoms with Crippen LogP contribution in [0.1, 0.15) is 5.56 Å². The molecule has 0 aliphatic carbocycles. The molecule has 0 saturated heterocycles. The number of imidazole rings is 1. The van der Waals surface area contributed by atoms with Gasteiger partial charge < -0.3 is 15.3 Å². The summed E-state index contributed by atoms with van der Waals surface area (Å²) < 4.78 is 6.80. The third-order valence-corrected chi connectivity index (χ3v) is 4.93. The molecule has 4 rings (SSSR count). The van der Waals surface area contributed by atoms with Crippen molar-refractivity contribution >= 4 is 28.3 Å². The van der Waals surface area contributed by atoms with Crippen LogP contribution in [0, 0.1) is 4.91 Å². The summed E-state index contributed by atoms with van der Waals surface area (Å²) in [5, 5.41) is 13.4. The van der Waals surface area contributed by atoms with E-state index in [1.807, 2.05) is 24.3 Å². The number of nitrogens with zero attached hydrogens (tertiary/aromatic N) is 3. The van der Waals surface area contributed by atoms with E-state index in [9.17, 15) is 14.9 Å². The van der Waals surface area contributed by atoms with Crippen LogP contribution in [-0.2, 0) is 11.2 Å². The monoisotopic (exact) mass is 417 g/mol. The summed E-state index contributed by atoms with van der Waals surface area (Å²) in [5.41, 5.74) is 3.62. The normalized spacial score (nSPS) is 10.8. The van der Waals surface area contributed by atoms with Gasteiger partial charge in [-0.1, -0.05) is 12.1 Å². The van der Waals surface area contributed by atoms with Crippen molar-refractivity contribution in [3.63, 3.8) is 0 Å². The van der Waals surface area contributed by atoms with E-state index >= 15 is 0 Å². The highest BCUT2D eigenvalue weighted by Crippen LogP contribution is 2.27. The minimum absolute atomic E-state index is 0.137. The van der Waals surface area contributed by atoms with Gasteiger partial charge in [0.2, 0.25) is 5.91 Å². The smallest absolute Gasteiger partial charge is 0.257 e. The number of anilines is 1. The summed E-state index contributed by atoms with van der Waals surface area (Å²) in [6, 6.07) is 19.3. The molecule has 0 atom stereocenters. The minimum atomic E-state index is -0.137. The van der Waals surface area contributed by atoms with Gasteiger partial charge in [0.05, 0.1) is 19.0 Å². The Kier molecular flexibility index (Phi) is 5.36. The van der Waals surface area contributed by atoms with E-state index in [4.69, 9.17) is 4.74 Å². The number of carbonyl (C=O) groups excluding carboxylic acids is 1. The predicted molar refractivity (Wildman–Crippen MR) is 117 cm³/mol. The molecule has 4 aromatic rings. The molecule has 0 spiro atoms. The number of hydrogen-bond acceptors (Lipinski definition) is 5. The summed E-state index contributed by atoms with van der Waals surface area (Å²) >= 11 is 0. The lowest BCUT2D eigenvalue weighted by molar-refractivity contribution is -0.428. The van der Waals surface area contributed by atoms with Gasteiger partial charge in [0.1, 0.15) is 11.3 Å². The Morgan fingerprint density at radius 3 is 2.45 bits per heavy atom. The lowest BCUT2D eigenvalue weighted by Crippen LogP contribution is -2.14. The molecule has 31 heavy (non-hydrogen) atoms. The fourth-order valence-corrected chi connectivity index (χ4v) is 3.27. The number of nitroso groups, excluding NO2 is 1. The van der Waals surface area contributed by atoms with Gasteiger partial charge in [-0.25, -0.2) is 4.98 Å². The molecule has 156 valence electrons. The standard InChI is InChI=1S/C23H20N4O4/c1-26(29)18-9-12-20-21(14-18)27(30)23(25-20)16-5-7-17(8-6-16)24-22(28)13-15-3-10-19(31-2)11-4-15/h3-12,14H,13H2,1-2H3,(H-,24,25,28,29,30)/p+1. The van der Waals surface area contributed by atoms with Crippen LogP contribution in [0.3, 0.4) is 0 Å². The number of fused-ring (bicyclic) bond motifs is 1. The van der Waals surface area contributed by atoms with E-state index in [2.05, 4.69) is 10.3 Å². The van der Waals surface area contributed by atoms with E-state index in [1.165, 1.54) is 7.05 Å². The van der Waals surface area contributed by atoms with Crippen LogP contribution >= 0.6 is 0 Å². The molecule has 0 saturated carbocycles. The number of ether oxygens (including phenoxy) is 1. The van der Waals surface area contributed by atoms with Crippen molar-refractivity contribution < 1.29 is 19.5 Å². The second kappa shape index (κ2) is 8.27. The zero-order valence-corrected chi connectivity index (χ0v) is 17.1. The fourth-order valence-electron chi connectivity index (χ4n) is 3.27. The van der Waals surface area contributed by atoms with Gasteiger partial charge in [-0.15, -0.1) is 0 Å². The first kappa shape index (κ1) is 20.1. The van der Waals surface area contributed by atoms with Crippen molar-refractivity contribution in [2.24, 2.45) is 0 Å². The average molecular weight is 417 g/mol. The SMILES string of the molecule is COc1ccc(CC(=O)Nc2ccc(-c3nc4ccc([N+](C)=O)cc4n3O)cc2)cc1. The molecule has 8 nitrogen and oxygen atoms in total. The Morgan fingerprint density at radius 2 is 1.81 bits per heavy atom. The van der Waals surface area contributed by atoms with E-state index < -0.39 is 0 Å². The van der Waals surface area contributed by atoms with E-state index in [0.29, 0.717) is 33.8 Å². The highest BCUT2D eigenvalue weighted by molar-refractivity contribution is 5.92. The molecule has 0 fully saturated rings. The average Bonchev–Trinajstić information content (AvgIpc) is 3.10. The number of hydrogen-bond donors (Lipinski definition) is 2. The number of amides is 1. The van der Waals surface area contributed by atoms with Crippen LogP contribution in [0.5, 0.6) is 5.75 Å². The van der Waals surface area contributed by atoms with E-state index in [-0.39, 0.29) is 12.3 Å². The van der Waals surface area contributed by atoms with Gasteiger partial charge >= 0.3 is 0 Å². The second-order valence-corrected chi connectivity index (χ2v) is 7.07. The van der Waals surface area contributed by atoms with Crippen molar-refractivity contribution in [3.05, 3.63) is 77.2 Å². The van der Waals surface area contributed by atoms with Gasteiger partial charge in [0.15, 0.2) is 12.9 Å². The Balaban J connectivity index is 1.49. The van der Waals surface area contributed by atoms with Crippen molar-refractivity contribution in [3.8, 4) is 17.1 Å². The van der Waals surface area contributed by atoms with Crippen LogP contribution in [0.4, 0.5) is 11.4 Å². The molecule has 0 aliphatic rings. The number of methoxy groups -OCH3 is 1. The molecular weight excluding hydrogens is 396 g/mol. The highest BCUT2D eigenvalue weighted by atomic mass is 16.5. The summed E-state index contributed by atoms with van der Waals surface area (Å²) in [6.45, 7) is 0. The van der Waals surface area contributed by atoms with Gasteiger partial charge in [-0.2, -0.15) is 4.73 Å². The van der Waals surface area contributed by atoms with Crippen LogP contribution < -0.4 is 10.1 Å². The molecule has 0 bridgehead atoms. The maximum absolute atomic E-state index is 12.3. The highest BCUT2D eigenvalue weighted by Gasteiger charge is 2.16. The molecule has 1 heterocycles. The number of aromatic nitrogens is 2. The largest absolute Gasteiger partial charge is 0.497 e. The minimum Gasteiger partial charge on any atom is -0.497 e. The summed E-state index contributed by atoms with van der Waals surface area (Å²) in [5.74, 6) is 0.948. The van der Waals surface area contributed by atoms with E-state index in [0.717, 1.165) is 20.8 Å². The van der Waals surface area contributed by atoms with Crippen molar-refractivity contribution in [1.29, 1.82) is 0 Å². The lowest BCUT2D eigenvalue weighted by Gasteiger charge is -2.07. The Morgan fingerprint density at radius 1 is 1.10 bits per heavy atom. The number of carbonyl (C=O) groups is 1. The van der Waals surface area contributed by atoms with E-state index in [1.54, 1.807) is 49.6 Å². The van der Waals surface area contributed by atoms with Gasteiger partial charge in [-0.05, 0) is 48.0 Å². The molecule has 2 N–H and O–H groups in total. The third kappa shape index (κ3) is 4.23. The van der Waals surface area contributed by atoms with Crippen LogP contribution in [-0.4, -0.2) is 39.7 Å². The first-order valence-corrected chi connectivity index (χ1v) is 9.60. The van der Waals surface area contributed by atoms with Gasteiger partial charge in [0.25, 0.3) is 5.69 Å². The van der Waals surface area contributed by atoms with Crippen molar-refractivity contribution in [2.45, 2.75) is 6.42 Å². The Hall–Kier alpha value is -4.20. The lowest BCUT2D eigenvalue weighted by atomic mass is 10.1. The first-order chi connectivity index (χ1) is 14.9. The third-order valence-electron chi connectivity index (χ3n) is 4.93. The number of rotatable bonds is 6.